The Balaban J connectivity index is 3.28. The third kappa shape index (κ3) is 2.13. The molecule has 0 aromatic carbocycles. The van der Waals surface area contributed by atoms with Gasteiger partial charge < -0.3 is 0 Å². The highest BCUT2D eigenvalue weighted by Crippen LogP contribution is 2.22. The number of hydrogen-bond acceptors (Lipinski definition) is 2. The molecule has 0 aliphatic carbocycles. The zero-order valence-corrected chi connectivity index (χ0v) is 10.5. The van der Waals surface area contributed by atoms with E-state index >= 15 is 0 Å². The summed E-state index contributed by atoms with van der Waals surface area (Å²) < 4.78 is 1.58. The van der Waals surface area contributed by atoms with Crippen molar-refractivity contribution in [1.82, 2.24) is 15.0 Å². The van der Waals surface area contributed by atoms with Crippen LogP contribution in [0, 0.1) is 0 Å². The van der Waals surface area contributed by atoms with Crippen molar-refractivity contribution < 1.29 is 0 Å². The Labute approximate surface area is 90.7 Å². The largest absolute Gasteiger partial charge is 0.290 e. The summed E-state index contributed by atoms with van der Waals surface area (Å²) in [6.07, 6.45) is 0.900. The zero-order valence-electron chi connectivity index (χ0n) is 10.5. The van der Waals surface area contributed by atoms with Gasteiger partial charge in [0.15, 0.2) is 0 Å². The van der Waals surface area contributed by atoms with Crippen LogP contribution in [0.25, 0.3) is 0 Å². The summed E-state index contributed by atoms with van der Waals surface area (Å²) in [6.45, 7) is 12.1. The summed E-state index contributed by atoms with van der Waals surface area (Å²) in [5.41, 5.74) is 0.213. The van der Waals surface area contributed by atoms with Gasteiger partial charge in [-0.15, -0.1) is 0 Å². The average Bonchev–Trinajstić information content (AvgIpc) is 2.46. The second kappa shape index (κ2) is 3.51. The molecule has 0 fully saturated rings. The molecule has 1 rings (SSSR count). The minimum absolute atomic E-state index is 0.00523. The third-order valence-corrected chi connectivity index (χ3v) is 2.86. The van der Waals surface area contributed by atoms with E-state index in [9.17, 15) is 4.79 Å². The molecule has 1 N–H and O–H groups in total. The molecule has 0 unspecified atom stereocenters. The lowest BCUT2D eigenvalue weighted by Crippen LogP contribution is -2.35. The highest BCUT2D eigenvalue weighted by molar-refractivity contribution is 5.09. The Morgan fingerprint density at radius 3 is 2.13 bits per heavy atom. The van der Waals surface area contributed by atoms with Gasteiger partial charge in [-0.1, -0.05) is 20.8 Å². The Hall–Kier alpha value is -1.06. The van der Waals surface area contributed by atoms with Gasteiger partial charge in [-0.3, -0.25) is 4.79 Å². The van der Waals surface area contributed by atoms with Crippen LogP contribution in [0.5, 0.6) is 0 Å². The van der Waals surface area contributed by atoms with Crippen LogP contribution in [0.4, 0.5) is 0 Å². The van der Waals surface area contributed by atoms with E-state index in [0.717, 1.165) is 6.42 Å². The van der Waals surface area contributed by atoms with Gasteiger partial charge in [-0.25, -0.2) is 9.90 Å². The quantitative estimate of drug-likeness (QED) is 0.813. The fourth-order valence-electron chi connectivity index (χ4n) is 1.36. The van der Waals surface area contributed by atoms with E-state index in [0.29, 0.717) is 5.69 Å². The van der Waals surface area contributed by atoms with Gasteiger partial charge in [0, 0.05) is 5.41 Å². The number of rotatable bonds is 2. The first-order valence-corrected chi connectivity index (χ1v) is 5.38. The van der Waals surface area contributed by atoms with Crippen molar-refractivity contribution in [3.05, 3.63) is 16.0 Å². The Morgan fingerprint density at radius 2 is 1.80 bits per heavy atom. The molecule has 0 aliphatic rings. The van der Waals surface area contributed by atoms with Crippen LogP contribution in [0.3, 0.4) is 0 Å². The minimum atomic E-state index is -0.244. The number of nitrogens with zero attached hydrogens (tertiary/aromatic N) is 2. The molecule has 0 saturated heterocycles. The minimum Gasteiger partial charge on any atom is -0.266 e. The van der Waals surface area contributed by atoms with Gasteiger partial charge in [0.05, 0.1) is 5.54 Å². The molecule has 15 heavy (non-hydrogen) atoms. The predicted molar refractivity (Wildman–Crippen MR) is 61.2 cm³/mol. The molecule has 4 heteroatoms. The maximum Gasteiger partial charge on any atom is 0.290 e. The van der Waals surface area contributed by atoms with Crippen LogP contribution in [0.2, 0.25) is 0 Å². The summed E-state index contributed by atoms with van der Waals surface area (Å²) in [5, 5.41) is 6.96. The second-order valence-corrected chi connectivity index (χ2v) is 5.61. The van der Waals surface area contributed by atoms with Crippen LogP contribution in [0.1, 0.15) is 53.7 Å². The standard InChI is InChI=1S/C11H21N3O/c1-7-11(5,6)8-9(15)14(13-12-8)10(2,3)4/h13H,7H2,1-6H3. The average molecular weight is 211 g/mol. The number of nitrogens with one attached hydrogen (secondary N) is 1. The van der Waals surface area contributed by atoms with Gasteiger partial charge in [-0.2, -0.15) is 5.10 Å². The van der Waals surface area contributed by atoms with Crippen molar-refractivity contribution in [3.63, 3.8) is 0 Å². The van der Waals surface area contributed by atoms with Crippen molar-refractivity contribution in [1.29, 1.82) is 0 Å². The molecule has 0 amide bonds. The van der Waals surface area contributed by atoms with Gasteiger partial charge in [-0.05, 0) is 27.2 Å². The maximum absolute atomic E-state index is 12.1. The summed E-state index contributed by atoms with van der Waals surface area (Å²) in [4.78, 5) is 12.1. The number of H-pyrrole nitrogens is 1. The van der Waals surface area contributed by atoms with E-state index in [1.807, 2.05) is 34.6 Å². The van der Waals surface area contributed by atoms with E-state index in [2.05, 4.69) is 17.2 Å². The highest BCUT2D eigenvalue weighted by Gasteiger charge is 2.28. The fourth-order valence-corrected chi connectivity index (χ4v) is 1.36. The molecule has 0 aliphatic heterocycles. The first-order chi connectivity index (χ1) is 6.70. The zero-order chi connectivity index (χ0) is 11.9. The predicted octanol–water partition coefficient (Wildman–Crippen LogP) is 2.01. The monoisotopic (exact) mass is 211 g/mol. The van der Waals surface area contributed by atoms with Gasteiger partial charge in [0.1, 0.15) is 5.69 Å². The molecular formula is C11H21N3O. The summed E-state index contributed by atoms with van der Waals surface area (Å²) in [5.74, 6) is 0. The number of aromatic amines is 1. The molecule has 0 radical (unpaired) electrons. The summed E-state index contributed by atoms with van der Waals surface area (Å²) in [6, 6.07) is 0. The molecule has 86 valence electrons. The summed E-state index contributed by atoms with van der Waals surface area (Å²) >= 11 is 0. The topological polar surface area (TPSA) is 50.7 Å². The Kier molecular flexibility index (Phi) is 2.81. The first-order valence-electron chi connectivity index (χ1n) is 5.38. The molecule has 0 atom stereocenters. The van der Waals surface area contributed by atoms with Crippen LogP contribution in [-0.4, -0.2) is 15.0 Å². The maximum atomic E-state index is 12.1. The molecule has 0 saturated carbocycles. The van der Waals surface area contributed by atoms with Gasteiger partial charge >= 0.3 is 0 Å². The lowest BCUT2D eigenvalue weighted by atomic mass is 9.87. The van der Waals surface area contributed by atoms with Crippen molar-refractivity contribution in [3.8, 4) is 0 Å². The number of hydrogen-bond donors (Lipinski definition) is 1. The van der Waals surface area contributed by atoms with Crippen molar-refractivity contribution in [2.24, 2.45) is 0 Å². The van der Waals surface area contributed by atoms with Gasteiger partial charge in [0.2, 0.25) is 0 Å². The molecule has 0 spiro atoms. The number of aromatic nitrogens is 3. The highest BCUT2D eigenvalue weighted by atomic mass is 16.1. The van der Waals surface area contributed by atoms with Crippen LogP contribution < -0.4 is 5.56 Å². The molecule has 1 aromatic heterocycles. The van der Waals surface area contributed by atoms with Crippen LogP contribution in [-0.2, 0) is 11.0 Å². The van der Waals surface area contributed by atoms with Crippen molar-refractivity contribution in [2.75, 3.05) is 0 Å². The first kappa shape index (κ1) is 12.0. The molecular weight excluding hydrogens is 190 g/mol. The van der Waals surface area contributed by atoms with Crippen LogP contribution >= 0.6 is 0 Å². The van der Waals surface area contributed by atoms with E-state index in [1.54, 1.807) is 4.68 Å². The Morgan fingerprint density at radius 1 is 1.27 bits per heavy atom. The van der Waals surface area contributed by atoms with Crippen molar-refractivity contribution >= 4 is 0 Å². The van der Waals surface area contributed by atoms with E-state index in [4.69, 9.17) is 0 Å². The molecule has 0 bridgehead atoms. The van der Waals surface area contributed by atoms with Crippen molar-refractivity contribution in [2.45, 2.75) is 58.9 Å². The lowest BCUT2D eigenvalue weighted by Gasteiger charge is -2.20. The lowest BCUT2D eigenvalue weighted by molar-refractivity contribution is 0.337. The Bertz CT molecular complexity index is 393. The van der Waals surface area contributed by atoms with E-state index in [-0.39, 0.29) is 16.5 Å². The molecule has 1 aromatic rings. The third-order valence-electron chi connectivity index (χ3n) is 2.86. The SMILES string of the molecule is CCC(C)(C)c1n[nH]n(C(C)(C)C)c1=O. The smallest absolute Gasteiger partial charge is 0.266 e. The second-order valence-electron chi connectivity index (χ2n) is 5.61. The molecule has 1 heterocycles. The molecule has 4 nitrogen and oxygen atoms in total. The fraction of sp³-hybridized carbons (Fsp3) is 0.818. The van der Waals surface area contributed by atoms with E-state index < -0.39 is 0 Å². The van der Waals surface area contributed by atoms with Crippen LogP contribution in [0.15, 0.2) is 4.79 Å². The van der Waals surface area contributed by atoms with Gasteiger partial charge in [0.25, 0.3) is 5.56 Å². The van der Waals surface area contributed by atoms with E-state index in [1.165, 1.54) is 0 Å². The normalized spacial score (nSPS) is 13.2. The summed E-state index contributed by atoms with van der Waals surface area (Å²) in [7, 11) is 0.